The fourth-order valence-electron chi connectivity index (χ4n) is 1.30. The molecule has 72 valence electrons. The van der Waals surface area contributed by atoms with Gasteiger partial charge in [0.05, 0.1) is 12.6 Å². The van der Waals surface area contributed by atoms with E-state index in [1.807, 2.05) is 47.3 Å². The summed E-state index contributed by atoms with van der Waals surface area (Å²) in [6, 6.07) is 7.55. The highest BCUT2D eigenvalue weighted by Crippen LogP contribution is 2.27. The Labute approximate surface area is 95.7 Å². The predicted molar refractivity (Wildman–Crippen MR) is 62.9 cm³/mol. The number of fused-ring (bicyclic) bond motifs is 1. The van der Waals surface area contributed by atoms with Crippen molar-refractivity contribution in [3.63, 3.8) is 0 Å². The van der Waals surface area contributed by atoms with E-state index in [-0.39, 0.29) is 0 Å². The molecule has 0 aliphatic carbocycles. The molecule has 0 saturated heterocycles. The molecular weight excluding hydrogens is 293 g/mol. The maximum Gasteiger partial charge on any atom is 0.192 e. The van der Waals surface area contributed by atoms with Crippen LogP contribution in [0.5, 0.6) is 11.5 Å². The van der Waals surface area contributed by atoms with Crippen molar-refractivity contribution in [3.8, 4) is 11.5 Å². The van der Waals surface area contributed by atoms with Gasteiger partial charge in [-0.2, -0.15) is 0 Å². The van der Waals surface area contributed by atoms with Crippen molar-refractivity contribution < 1.29 is 7.80 Å². The lowest BCUT2D eigenvalue weighted by molar-refractivity contribution is 0.415. The summed E-state index contributed by atoms with van der Waals surface area (Å²) in [7, 11) is 1.64. The van der Waals surface area contributed by atoms with Crippen LogP contribution in [0.15, 0.2) is 30.5 Å². The molecule has 2 rings (SSSR count). The molecule has 0 aliphatic rings. The summed E-state index contributed by atoms with van der Waals surface area (Å²) in [5.41, 5.74) is 0.874. The molecule has 4 heteroatoms. The molecule has 0 N–H and O–H groups in total. The highest BCUT2D eigenvalue weighted by molar-refractivity contribution is 14.1. The quantitative estimate of drug-likeness (QED) is 0.799. The standard InChI is InChI=1S/C10H8INO2/c1-13-7-2-3-8-9(6-7)12-5-4-10(8)14-11/h2-6H,1H3. The van der Waals surface area contributed by atoms with Crippen molar-refractivity contribution in [2.45, 2.75) is 0 Å². The van der Waals surface area contributed by atoms with Crippen LogP contribution in [0.3, 0.4) is 0 Å². The number of halogens is 1. The number of methoxy groups -OCH3 is 1. The molecule has 2 aromatic rings. The van der Waals surface area contributed by atoms with Gasteiger partial charge in [0.15, 0.2) is 23.0 Å². The predicted octanol–water partition coefficient (Wildman–Crippen LogP) is 2.97. The van der Waals surface area contributed by atoms with Gasteiger partial charge in [-0.25, -0.2) is 0 Å². The van der Waals surface area contributed by atoms with Gasteiger partial charge < -0.3 is 7.80 Å². The van der Waals surface area contributed by atoms with E-state index < -0.39 is 0 Å². The summed E-state index contributed by atoms with van der Waals surface area (Å²) in [6.45, 7) is 0. The van der Waals surface area contributed by atoms with Crippen molar-refractivity contribution in [2.75, 3.05) is 7.11 Å². The summed E-state index contributed by atoms with van der Waals surface area (Å²) in [6.07, 6.45) is 1.72. The maximum atomic E-state index is 5.19. The van der Waals surface area contributed by atoms with Crippen LogP contribution in [0, 0.1) is 0 Å². The minimum absolute atomic E-state index is 0.801. The van der Waals surface area contributed by atoms with Gasteiger partial charge in [0.1, 0.15) is 11.5 Å². The fourth-order valence-corrected chi connectivity index (χ4v) is 1.68. The van der Waals surface area contributed by atoms with E-state index in [0.717, 1.165) is 22.4 Å². The van der Waals surface area contributed by atoms with E-state index in [1.54, 1.807) is 13.3 Å². The number of ether oxygens (including phenoxy) is 1. The van der Waals surface area contributed by atoms with Crippen LogP contribution in [0.2, 0.25) is 0 Å². The minimum Gasteiger partial charge on any atom is -0.497 e. The van der Waals surface area contributed by atoms with Gasteiger partial charge in [0.25, 0.3) is 0 Å². The second-order valence-corrected chi connectivity index (χ2v) is 3.21. The van der Waals surface area contributed by atoms with E-state index >= 15 is 0 Å². The van der Waals surface area contributed by atoms with Crippen LogP contribution < -0.4 is 7.80 Å². The monoisotopic (exact) mass is 301 g/mol. The first-order chi connectivity index (χ1) is 6.85. The van der Waals surface area contributed by atoms with Gasteiger partial charge in [-0.05, 0) is 12.1 Å². The third-order valence-electron chi connectivity index (χ3n) is 1.99. The zero-order chi connectivity index (χ0) is 9.97. The Bertz CT molecular complexity index is 459. The zero-order valence-corrected chi connectivity index (χ0v) is 9.69. The maximum absolute atomic E-state index is 5.19. The normalized spacial score (nSPS) is 10.1. The molecule has 0 radical (unpaired) electrons. The molecule has 0 aliphatic heterocycles. The molecule has 1 aromatic carbocycles. The molecule has 1 aromatic heterocycles. The number of nitrogens with zero attached hydrogens (tertiary/aromatic N) is 1. The van der Waals surface area contributed by atoms with Crippen molar-refractivity contribution >= 4 is 33.9 Å². The Morgan fingerprint density at radius 3 is 2.86 bits per heavy atom. The van der Waals surface area contributed by atoms with Gasteiger partial charge in [0.2, 0.25) is 0 Å². The van der Waals surface area contributed by atoms with Crippen LogP contribution in [-0.2, 0) is 0 Å². The van der Waals surface area contributed by atoms with Gasteiger partial charge in [-0.3, -0.25) is 4.98 Å². The molecule has 0 bridgehead atoms. The first kappa shape index (κ1) is 9.51. The van der Waals surface area contributed by atoms with Crippen molar-refractivity contribution in [2.24, 2.45) is 0 Å². The first-order valence-corrected chi connectivity index (χ1v) is 4.94. The summed E-state index contributed by atoms with van der Waals surface area (Å²) < 4.78 is 10.3. The number of pyridine rings is 1. The fraction of sp³-hybridized carbons (Fsp3) is 0.100. The van der Waals surface area contributed by atoms with Gasteiger partial charge in [0, 0.05) is 23.7 Å². The average Bonchev–Trinajstić information content (AvgIpc) is 2.27. The average molecular weight is 301 g/mol. The van der Waals surface area contributed by atoms with Gasteiger partial charge in [-0.1, -0.05) is 0 Å². The van der Waals surface area contributed by atoms with Gasteiger partial charge in [-0.15, -0.1) is 0 Å². The van der Waals surface area contributed by atoms with Crippen LogP contribution in [-0.4, -0.2) is 12.1 Å². The van der Waals surface area contributed by atoms with Crippen LogP contribution in [0.4, 0.5) is 0 Å². The van der Waals surface area contributed by atoms with Crippen molar-refractivity contribution in [1.29, 1.82) is 0 Å². The number of rotatable bonds is 2. The Morgan fingerprint density at radius 1 is 1.29 bits per heavy atom. The Balaban J connectivity index is 2.67. The van der Waals surface area contributed by atoms with Crippen molar-refractivity contribution in [3.05, 3.63) is 30.5 Å². The SMILES string of the molecule is COc1ccc2c(OI)ccnc2c1. The van der Waals surface area contributed by atoms with Crippen LogP contribution in [0.25, 0.3) is 10.9 Å². The summed E-state index contributed by atoms with van der Waals surface area (Å²) in [5.74, 6) is 1.62. The minimum atomic E-state index is 0.801. The molecule has 0 atom stereocenters. The zero-order valence-electron chi connectivity index (χ0n) is 7.53. The molecule has 0 spiro atoms. The van der Waals surface area contributed by atoms with E-state index in [9.17, 15) is 0 Å². The molecule has 3 nitrogen and oxygen atoms in total. The molecule has 14 heavy (non-hydrogen) atoms. The lowest BCUT2D eigenvalue weighted by Crippen LogP contribution is -1.85. The lowest BCUT2D eigenvalue weighted by Gasteiger charge is -2.04. The molecule has 0 fully saturated rings. The Morgan fingerprint density at radius 2 is 2.14 bits per heavy atom. The van der Waals surface area contributed by atoms with E-state index in [4.69, 9.17) is 7.80 Å². The number of aromatic nitrogens is 1. The molecule has 0 unspecified atom stereocenters. The summed E-state index contributed by atoms with van der Waals surface area (Å²) in [4.78, 5) is 4.24. The third kappa shape index (κ3) is 1.61. The van der Waals surface area contributed by atoms with Crippen molar-refractivity contribution in [1.82, 2.24) is 4.98 Å². The molecule has 0 saturated carbocycles. The van der Waals surface area contributed by atoms with E-state index in [1.165, 1.54) is 0 Å². The highest BCUT2D eigenvalue weighted by atomic mass is 127. The molecule has 1 heterocycles. The highest BCUT2D eigenvalue weighted by Gasteiger charge is 2.03. The molecular formula is C10H8INO2. The lowest BCUT2D eigenvalue weighted by atomic mass is 10.2. The van der Waals surface area contributed by atoms with Crippen LogP contribution in [0.1, 0.15) is 0 Å². The number of hydrogen-bond donors (Lipinski definition) is 0. The second kappa shape index (κ2) is 4.00. The number of hydrogen-bond acceptors (Lipinski definition) is 3. The van der Waals surface area contributed by atoms with E-state index in [0.29, 0.717) is 0 Å². The topological polar surface area (TPSA) is 31.4 Å². The first-order valence-electron chi connectivity index (χ1n) is 4.06. The summed E-state index contributed by atoms with van der Waals surface area (Å²) >= 11 is 1.86. The van der Waals surface area contributed by atoms with Crippen LogP contribution >= 0.6 is 23.0 Å². The number of benzene rings is 1. The smallest absolute Gasteiger partial charge is 0.192 e. The van der Waals surface area contributed by atoms with Gasteiger partial charge >= 0.3 is 0 Å². The second-order valence-electron chi connectivity index (χ2n) is 2.77. The Kier molecular flexibility index (Phi) is 2.72. The summed E-state index contributed by atoms with van der Waals surface area (Å²) in [5, 5.41) is 0.989. The third-order valence-corrected chi connectivity index (χ3v) is 2.47. The Hall–Kier alpha value is -1.04. The molecule has 0 amide bonds. The van der Waals surface area contributed by atoms with E-state index in [2.05, 4.69) is 4.98 Å². The largest absolute Gasteiger partial charge is 0.497 e.